The third-order valence-corrected chi connectivity index (χ3v) is 5.20. The number of aromatic nitrogens is 2. The summed E-state index contributed by atoms with van der Waals surface area (Å²) in [5.41, 5.74) is 4.12. The number of fused-ring (bicyclic) bond motifs is 1. The molecule has 1 amide bonds. The van der Waals surface area contributed by atoms with Gasteiger partial charge in [0.15, 0.2) is 0 Å². The summed E-state index contributed by atoms with van der Waals surface area (Å²) < 4.78 is 13.9. The van der Waals surface area contributed by atoms with Crippen LogP contribution in [0.15, 0.2) is 66.9 Å². The van der Waals surface area contributed by atoms with E-state index in [1.165, 1.54) is 12.1 Å². The number of hydrogen-bond acceptors (Lipinski definition) is 4. The second-order valence-corrected chi connectivity index (χ2v) is 7.32. The lowest BCUT2D eigenvalue weighted by Gasteiger charge is -2.09. The number of amides is 1. The monoisotopic (exact) mass is 427 g/mol. The molecule has 0 bridgehead atoms. The molecule has 0 saturated carbocycles. The average Bonchev–Trinajstić information content (AvgIpc) is 3.19. The molecule has 32 heavy (non-hydrogen) atoms. The third-order valence-electron chi connectivity index (χ3n) is 5.20. The van der Waals surface area contributed by atoms with E-state index in [9.17, 15) is 9.18 Å². The zero-order valence-electron chi connectivity index (χ0n) is 17.4. The van der Waals surface area contributed by atoms with Gasteiger partial charge in [0.2, 0.25) is 5.91 Å². The van der Waals surface area contributed by atoms with Crippen molar-refractivity contribution in [3.8, 4) is 17.3 Å². The first-order chi connectivity index (χ1) is 15.7. The van der Waals surface area contributed by atoms with Gasteiger partial charge in [0.05, 0.1) is 5.56 Å². The Labute approximate surface area is 185 Å². The van der Waals surface area contributed by atoms with Gasteiger partial charge >= 0.3 is 0 Å². The van der Waals surface area contributed by atoms with Crippen LogP contribution in [-0.4, -0.2) is 29.0 Å². The standard InChI is InChI=1S/C25H22FN5O/c26-19-8-10-22-21(15-19)20(24(31-22)17-5-2-1-3-6-17)9-11-23(32)28-13-14-30-25-18(16-27)7-4-12-29-25/h1-8,10,12,15,31H,9,11,13-14H2,(H,28,32)(H,29,30). The van der Waals surface area contributed by atoms with Crippen LogP contribution in [0.2, 0.25) is 0 Å². The van der Waals surface area contributed by atoms with Crippen molar-refractivity contribution >= 4 is 22.6 Å². The van der Waals surface area contributed by atoms with Crippen LogP contribution in [0.5, 0.6) is 0 Å². The summed E-state index contributed by atoms with van der Waals surface area (Å²) in [5, 5.41) is 15.8. The molecule has 2 heterocycles. The Hall–Kier alpha value is -4.18. The van der Waals surface area contributed by atoms with E-state index in [1.54, 1.807) is 24.4 Å². The molecule has 7 heteroatoms. The van der Waals surface area contributed by atoms with Crippen molar-refractivity contribution < 1.29 is 9.18 Å². The zero-order valence-corrected chi connectivity index (χ0v) is 17.4. The molecule has 160 valence electrons. The van der Waals surface area contributed by atoms with Crippen molar-refractivity contribution in [1.82, 2.24) is 15.3 Å². The molecule has 4 aromatic rings. The second-order valence-electron chi connectivity index (χ2n) is 7.32. The van der Waals surface area contributed by atoms with Crippen LogP contribution < -0.4 is 10.6 Å². The number of nitrogens with zero attached hydrogens (tertiary/aromatic N) is 2. The predicted molar refractivity (Wildman–Crippen MR) is 122 cm³/mol. The highest BCUT2D eigenvalue weighted by atomic mass is 19.1. The molecule has 0 radical (unpaired) electrons. The number of pyridine rings is 1. The molecule has 0 aliphatic heterocycles. The number of nitriles is 1. The maximum atomic E-state index is 13.9. The smallest absolute Gasteiger partial charge is 0.220 e. The van der Waals surface area contributed by atoms with Crippen LogP contribution in [-0.2, 0) is 11.2 Å². The summed E-state index contributed by atoms with van der Waals surface area (Å²) in [7, 11) is 0. The van der Waals surface area contributed by atoms with E-state index in [0.29, 0.717) is 30.9 Å². The van der Waals surface area contributed by atoms with E-state index in [-0.39, 0.29) is 18.1 Å². The maximum absolute atomic E-state index is 13.9. The molecule has 0 spiro atoms. The summed E-state index contributed by atoms with van der Waals surface area (Å²) >= 11 is 0. The van der Waals surface area contributed by atoms with Gasteiger partial charge in [-0.15, -0.1) is 0 Å². The predicted octanol–water partition coefficient (Wildman–Crippen LogP) is 4.40. The Bertz CT molecular complexity index is 1280. The first-order valence-electron chi connectivity index (χ1n) is 10.4. The van der Waals surface area contributed by atoms with Crippen molar-refractivity contribution in [2.75, 3.05) is 18.4 Å². The van der Waals surface area contributed by atoms with Crippen molar-refractivity contribution in [3.63, 3.8) is 0 Å². The molecule has 0 aliphatic carbocycles. The average molecular weight is 427 g/mol. The Kier molecular flexibility index (Phi) is 6.42. The summed E-state index contributed by atoms with van der Waals surface area (Å²) in [5.74, 6) is 0.0924. The van der Waals surface area contributed by atoms with Gasteiger partial charge in [-0.05, 0) is 47.9 Å². The van der Waals surface area contributed by atoms with Crippen LogP contribution in [0.25, 0.3) is 22.2 Å². The third kappa shape index (κ3) is 4.76. The minimum absolute atomic E-state index is 0.0990. The topological polar surface area (TPSA) is 93.6 Å². The molecular formula is C25H22FN5O. The number of carbonyl (C=O) groups is 1. The number of benzene rings is 2. The molecule has 0 aliphatic rings. The molecular weight excluding hydrogens is 405 g/mol. The normalized spacial score (nSPS) is 10.6. The molecule has 6 nitrogen and oxygen atoms in total. The zero-order chi connectivity index (χ0) is 22.3. The number of anilines is 1. The maximum Gasteiger partial charge on any atom is 0.220 e. The summed E-state index contributed by atoms with van der Waals surface area (Å²) in [6.07, 6.45) is 2.36. The van der Waals surface area contributed by atoms with Crippen LogP contribution in [0.1, 0.15) is 17.5 Å². The first kappa shape index (κ1) is 21.1. The quantitative estimate of drug-likeness (QED) is 0.363. The SMILES string of the molecule is N#Cc1cccnc1NCCNC(=O)CCc1c(-c2ccccc2)[nH]c2ccc(F)cc12. The van der Waals surface area contributed by atoms with Crippen molar-refractivity contribution in [1.29, 1.82) is 5.26 Å². The van der Waals surface area contributed by atoms with E-state index < -0.39 is 0 Å². The molecule has 0 atom stereocenters. The van der Waals surface area contributed by atoms with Crippen molar-refractivity contribution in [3.05, 3.63) is 83.8 Å². The second kappa shape index (κ2) is 9.75. The lowest BCUT2D eigenvalue weighted by atomic mass is 10.0. The molecule has 3 N–H and O–H groups in total. The van der Waals surface area contributed by atoms with Crippen molar-refractivity contribution in [2.24, 2.45) is 0 Å². The van der Waals surface area contributed by atoms with E-state index >= 15 is 0 Å². The number of nitrogens with one attached hydrogen (secondary N) is 3. The number of hydrogen-bond donors (Lipinski definition) is 3. The lowest BCUT2D eigenvalue weighted by molar-refractivity contribution is -0.120. The fraction of sp³-hybridized carbons (Fsp3) is 0.160. The Morgan fingerprint density at radius 1 is 1.09 bits per heavy atom. The Morgan fingerprint density at radius 3 is 2.75 bits per heavy atom. The Balaban J connectivity index is 1.40. The number of halogens is 1. The van der Waals surface area contributed by atoms with Gasteiger partial charge in [0.1, 0.15) is 17.7 Å². The van der Waals surface area contributed by atoms with E-state index in [2.05, 4.69) is 26.7 Å². The highest BCUT2D eigenvalue weighted by Gasteiger charge is 2.15. The summed E-state index contributed by atoms with van der Waals surface area (Å²) in [6.45, 7) is 0.847. The Morgan fingerprint density at radius 2 is 1.94 bits per heavy atom. The number of rotatable bonds is 8. The molecule has 0 unspecified atom stereocenters. The molecule has 2 aromatic carbocycles. The van der Waals surface area contributed by atoms with Gasteiger partial charge in [-0.3, -0.25) is 4.79 Å². The minimum Gasteiger partial charge on any atom is -0.367 e. The van der Waals surface area contributed by atoms with Gasteiger partial charge in [-0.1, -0.05) is 30.3 Å². The molecule has 0 saturated heterocycles. The molecule has 0 fully saturated rings. The number of aryl methyl sites for hydroxylation is 1. The summed E-state index contributed by atoms with van der Waals surface area (Å²) in [6, 6.07) is 19.9. The van der Waals surface area contributed by atoms with Gasteiger partial charge in [-0.2, -0.15) is 5.26 Å². The van der Waals surface area contributed by atoms with E-state index in [4.69, 9.17) is 5.26 Å². The van der Waals surface area contributed by atoms with Crippen LogP contribution in [0.4, 0.5) is 10.2 Å². The number of carbonyl (C=O) groups excluding carboxylic acids is 1. The minimum atomic E-state index is -0.306. The fourth-order valence-corrected chi connectivity index (χ4v) is 3.68. The number of H-pyrrole nitrogens is 1. The summed E-state index contributed by atoms with van der Waals surface area (Å²) in [4.78, 5) is 19.9. The van der Waals surface area contributed by atoms with Gasteiger partial charge < -0.3 is 15.6 Å². The largest absolute Gasteiger partial charge is 0.367 e. The van der Waals surface area contributed by atoms with Crippen LogP contribution in [0.3, 0.4) is 0 Å². The van der Waals surface area contributed by atoms with Crippen LogP contribution in [0, 0.1) is 17.1 Å². The highest BCUT2D eigenvalue weighted by Crippen LogP contribution is 2.31. The number of aromatic amines is 1. The fourth-order valence-electron chi connectivity index (χ4n) is 3.68. The van der Waals surface area contributed by atoms with Crippen molar-refractivity contribution in [2.45, 2.75) is 12.8 Å². The molecule has 4 rings (SSSR count). The van der Waals surface area contributed by atoms with Crippen LogP contribution >= 0.6 is 0 Å². The van der Waals surface area contributed by atoms with E-state index in [0.717, 1.165) is 27.7 Å². The highest BCUT2D eigenvalue weighted by molar-refractivity contribution is 5.91. The van der Waals surface area contributed by atoms with Gasteiger partial charge in [0.25, 0.3) is 0 Å². The first-order valence-corrected chi connectivity index (χ1v) is 10.4. The van der Waals surface area contributed by atoms with Gasteiger partial charge in [0, 0.05) is 42.3 Å². The van der Waals surface area contributed by atoms with E-state index in [1.807, 2.05) is 30.3 Å². The molecule has 2 aromatic heterocycles. The van der Waals surface area contributed by atoms with Gasteiger partial charge in [-0.25, -0.2) is 9.37 Å². The lowest BCUT2D eigenvalue weighted by Crippen LogP contribution is -2.29.